The molecule has 3 N–H and O–H groups in total. The first-order valence-corrected chi connectivity index (χ1v) is 7.11. The van der Waals surface area contributed by atoms with Crippen molar-refractivity contribution < 1.29 is 5.11 Å². The highest BCUT2D eigenvalue weighted by molar-refractivity contribution is 5.48. The van der Waals surface area contributed by atoms with Crippen LogP contribution in [0.5, 0.6) is 0 Å². The largest absolute Gasteiger partial charge is 0.392 e. The fourth-order valence-corrected chi connectivity index (χ4v) is 2.50. The second-order valence-electron chi connectivity index (χ2n) is 5.35. The lowest BCUT2D eigenvalue weighted by Crippen LogP contribution is -2.47. The molecule has 0 spiro atoms. The highest BCUT2D eigenvalue weighted by atomic mass is 16.3. The van der Waals surface area contributed by atoms with Crippen molar-refractivity contribution in [3.8, 4) is 0 Å². The number of aliphatic hydroxyl groups excluding tert-OH is 1. The fraction of sp³-hybridized carbons (Fsp3) is 0.600. The van der Waals surface area contributed by atoms with Crippen molar-refractivity contribution in [3.05, 3.63) is 29.8 Å². The Kier molecular flexibility index (Phi) is 5.19. The first-order valence-electron chi connectivity index (χ1n) is 7.11. The monoisotopic (exact) mass is 263 g/mol. The number of hydrogen-bond acceptors (Lipinski definition) is 4. The molecule has 0 amide bonds. The second-order valence-corrected chi connectivity index (χ2v) is 5.35. The Morgan fingerprint density at radius 1 is 1.26 bits per heavy atom. The molecule has 1 aliphatic rings. The normalized spacial score (nSPS) is 18.6. The van der Waals surface area contributed by atoms with Crippen LogP contribution in [-0.2, 0) is 0 Å². The quantitative estimate of drug-likeness (QED) is 0.826. The molecule has 4 heteroatoms. The van der Waals surface area contributed by atoms with E-state index in [-0.39, 0.29) is 6.10 Å². The van der Waals surface area contributed by atoms with Crippen LogP contribution in [0, 0.1) is 6.92 Å². The number of nitrogens with zero attached hydrogens (tertiary/aromatic N) is 2. The summed E-state index contributed by atoms with van der Waals surface area (Å²) in [6.07, 6.45) is 0.427. The van der Waals surface area contributed by atoms with Crippen molar-refractivity contribution in [2.75, 3.05) is 44.2 Å². The molecular formula is C15H25N3O. The van der Waals surface area contributed by atoms with Crippen molar-refractivity contribution in [1.82, 2.24) is 4.90 Å². The van der Waals surface area contributed by atoms with Crippen LogP contribution in [0.25, 0.3) is 0 Å². The van der Waals surface area contributed by atoms with Gasteiger partial charge in [0.05, 0.1) is 6.10 Å². The summed E-state index contributed by atoms with van der Waals surface area (Å²) in [5.41, 5.74) is 8.06. The summed E-state index contributed by atoms with van der Waals surface area (Å²) in [5, 5.41) is 9.49. The van der Waals surface area contributed by atoms with Gasteiger partial charge in [-0.05, 0) is 31.0 Å². The van der Waals surface area contributed by atoms with Gasteiger partial charge in [0, 0.05) is 45.0 Å². The average Bonchev–Trinajstić information content (AvgIpc) is 2.45. The lowest BCUT2D eigenvalue weighted by molar-refractivity contribution is 0.144. The first-order chi connectivity index (χ1) is 9.19. The Morgan fingerprint density at radius 3 is 2.63 bits per heavy atom. The molecule has 0 aliphatic carbocycles. The standard InChI is InChI=1S/C15H25N3O/c1-13-3-2-4-14(11-13)18-9-7-17(8-10-18)6-5-15(19)12-16/h2-4,11,15,19H,5-10,12,16H2,1H3. The number of hydrogen-bond donors (Lipinski definition) is 2. The molecular weight excluding hydrogens is 238 g/mol. The van der Waals surface area contributed by atoms with E-state index >= 15 is 0 Å². The second kappa shape index (κ2) is 6.89. The summed E-state index contributed by atoms with van der Waals surface area (Å²) in [4.78, 5) is 4.84. The minimum absolute atomic E-state index is 0.352. The number of rotatable bonds is 5. The van der Waals surface area contributed by atoms with Gasteiger partial charge in [-0.25, -0.2) is 0 Å². The maximum absolute atomic E-state index is 9.49. The van der Waals surface area contributed by atoms with E-state index in [4.69, 9.17) is 5.73 Å². The predicted octanol–water partition coefficient (Wildman–Crippen LogP) is 0.827. The Hall–Kier alpha value is -1.10. The molecule has 4 nitrogen and oxygen atoms in total. The minimum Gasteiger partial charge on any atom is -0.392 e. The van der Waals surface area contributed by atoms with Gasteiger partial charge in [-0.15, -0.1) is 0 Å². The van der Waals surface area contributed by atoms with Gasteiger partial charge >= 0.3 is 0 Å². The van der Waals surface area contributed by atoms with E-state index in [2.05, 4.69) is 41.0 Å². The molecule has 0 bridgehead atoms. The predicted molar refractivity (Wildman–Crippen MR) is 79.5 cm³/mol. The smallest absolute Gasteiger partial charge is 0.0674 e. The van der Waals surface area contributed by atoms with Gasteiger partial charge in [-0.1, -0.05) is 12.1 Å². The van der Waals surface area contributed by atoms with E-state index in [1.165, 1.54) is 11.3 Å². The molecule has 1 unspecified atom stereocenters. The molecule has 0 aromatic heterocycles. The minimum atomic E-state index is -0.352. The van der Waals surface area contributed by atoms with Gasteiger partial charge < -0.3 is 15.7 Å². The van der Waals surface area contributed by atoms with E-state index in [0.29, 0.717) is 6.54 Å². The Labute approximate surface area is 115 Å². The molecule has 1 fully saturated rings. The molecule has 0 saturated carbocycles. The van der Waals surface area contributed by atoms with Crippen LogP contribution < -0.4 is 10.6 Å². The summed E-state index contributed by atoms with van der Waals surface area (Å²) < 4.78 is 0. The Balaban J connectivity index is 1.79. The van der Waals surface area contributed by atoms with Gasteiger partial charge in [0.15, 0.2) is 0 Å². The molecule has 1 heterocycles. The molecule has 1 aromatic rings. The maximum Gasteiger partial charge on any atom is 0.0674 e. The van der Waals surface area contributed by atoms with Crippen LogP contribution >= 0.6 is 0 Å². The summed E-state index contributed by atoms with van der Waals surface area (Å²) in [5.74, 6) is 0. The van der Waals surface area contributed by atoms with Gasteiger partial charge in [0.1, 0.15) is 0 Å². The van der Waals surface area contributed by atoms with Gasteiger partial charge in [0.2, 0.25) is 0 Å². The Morgan fingerprint density at radius 2 is 2.00 bits per heavy atom. The van der Waals surface area contributed by atoms with Crippen molar-refractivity contribution in [3.63, 3.8) is 0 Å². The molecule has 1 atom stereocenters. The zero-order valence-electron chi connectivity index (χ0n) is 11.8. The highest BCUT2D eigenvalue weighted by Crippen LogP contribution is 2.17. The van der Waals surface area contributed by atoms with Crippen LogP contribution in [-0.4, -0.2) is 55.4 Å². The zero-order valence-corrected chi connectivity index (χ0v) is 11.8. The van der Waals surface area contributed by atoms with Crippen LogP contribution in [0.1, 0.15) is 12.0 Å². The summed E-state index contributed by atoms with van der Waals surface area (Å²) in [6, 6.07) is 8.68. The van der Waals surface area contributed by atoms with Crippen molar-refractivity contribution >= 4 is 5.69 Å². The van der Waals surface area contributed by atoms with Crippen molar-refractivity contribution in [2.45, 2.75) is 19.4 Å². The van der Waals surface area contributed by atoms with Crippen molar-refractivity contribution in [1.29, 1.82) is 0 Å². The topological polar surface area (TPSA) is 52.7 Å². The third-order valence-corrected chi connectivity index (χ3v) is 3.79. The highest BCUT2D eigenvalue weighted by Gasteiger charge is 2.17. The average molecular weight is 263 g/mol. The summed E-state index contributed by atoms with van der Waals surface area (Å²) >= 11 is 0. The third-order valence-electron chi connectivity index (χ3n) is 3.79. The molecule has 1 saturated heterocycles. The molecule has 1 aliphatic heterocycles. The molecule has 2 rings (SSSR count). The van der Waals surface area contributed by atoms with Crippen LogP contribution in [0.4, 0.5) is 5.69 Å². The van der Waals surface area contributed by atoms with E-state index in [1.54, 1.807) is 0 Å². The molecule has 1 aromatic carbocycles. The van der Waals surface area contributed by atoms with E-state index < -0.39 is 0 Å². The fourth-order valence-electron chi connectivity index (χ4n) is 2.50. The van der Waals surface area contributed by atoms with Crippen LogP contribution in [0.15, 0.2) is 24.3 Å². The summed E-state index contributed by atoms with van der Waals surface area (Å²) in [6.45, 7) is 7.68. The number of aryl methyl sites for hydroxylation is 1. The van der Waals surface area contributed by atoms with E-state index in [1.807, 2.05) is 0 Å². The summed E-state index contributed by atoms with van der Waals surface area (Å²) in [7, 11) is 0. The molecule has 106 valence electrons. The van der Waals surface area contributed by atoms with E-state index in [9.17, 15) is 5.11 Å². The Bertz CT molecular complexity index is 389. The van der Waals surface area contributed by atoms with Crippen LogP contribution in [0.3, 0.4) is 0 Å². The number of nitrogens with two attached hydrogens (primary N) is 1. The van der Waals surface area contributed by atoms with Gasteiger partial charge in [-0.2, -0.15) is 0 Å². The first kappa shape index (κ1) is 14.3. The number of aliphatic hydroxyl groups is 1. The molecule has 19 heavy (non-hydrogen) atoms. The third kappa shape index (κ3) is 4.20. The number of benzene rings is 1. The SMILES string of the molecule is Cc1cccc(N2CCN(CCC(O)CN)CC2)c1. The number of anilines is 1. The zero-order chi connectivity index (χ0) is 13.7. The van der Waals surface area contributed by atoms with Crippen LogP contribution in [0.2, 0.25) is 0 Å². The van der Waals surface area contributed by atoms with Gasteiger partial charge in [-0.3, -0.25) is 4.90 Å². The van der Waals surface area contributed by atoms with Crippen molar-refractivity contribution in [2.24, 2.45) is 5.73 Å². The number of piperazine rings is 1. The molecule has 0 radical (unpaired) electrons. The lowest BCUT2D eigenvalue weighted by atomic mass is 10.2. The maximum atomic E-state index is 9.49. The van der Waals surface area contributed by atoms with Gasteiger partial charge in [0.25, 0.3) is 0 Å². The lowest BCUT2D eigenvalue weighted by Gasteiger charge is -2.36. The van der Waals surface area contributed by atoms with E-state index in [0.717, 1.165) is 39.1 Å².